The van der Waals surface area contributed by atoms with Crippen molar-refractivity contribution in [1.82, 2.24) is 19.5 Å². The molecule has 0 bridgehead atoms. The van der Waals surface area contributed by atoms with E-state index in [0.29, 0.717) is 12.4 Å². The maximum atomic E-state index is 6.01. The number of allylic oxidation sites excluding steroid dienone is 1. The molecule has 0 fully saturated rings. The highest BCUT2D eigenvalue weighted by Gasteiger charge is 2.18. The smallest absolute Gasteiger partial charge is 0.135 e. The number of benzene rings is 1. The summed E-state index contributed by atoms with van der Waals surface area (Å²) in [5.41, 5.74) is 10.2. The number of nitrogen functional groups attached to an aromatic ring is 1. The Balaban J connectivity index is 1.95. The van der Waals surface area contributed by atoms with E-state index < -0.39 is 0 Å². The molecule has 0 amide bonds. The molecular weight excluding hydrogens is 330 g/mol. The van der Waals surface area contributed by atoms with Gasteiger partial charge in [0.2, 0.25) is 0 Å². The minimum Gasteiger partial charge on any atom is -0.383 e. The third-order valence-electron chi connectivity index (χ3n) is 3.92. The van der Waals surface area contributed by atoms with E-state index in [1.807, 2.05) is 37.5 Å². The van der Waals surface area contributed by atoms with E-state index in [1.165, 1.54) is 6.33 Å². The fourth-order valence-electron chi connectivity index (χ4n) is 2.85. The lowest BCUT2D eigenvalue weighted by molar-refractivity contribution is 0.793. The number of nitrogens with zero attached hydrogens (tertiary/aromatic N) is 4. The van der Waals surface area contributed by atoms with Gasteiger partial charge in [0.1, 0.15) is 17.0 Å². The van der Waals surface area contributed by atoms with Crippen molar-refractivity contribution in [2.75, 3.05) is 5.73 Å². The number of rotatable bonds is 4. The van der Waals surface area contributed by atoms with Crippen molar-refractivity contribution in [3.8, 4) is 21.8 Å². The van der Waals surface area contributed by atoms with Crippen LogP contribution in [-0.2, 0) is 6.54 Å². The molecular formula is C19H17N5S. The third kappa shape index (κ3) is 2.81. The summed E-state index contributed by atoms with van der Waals surface area (Å²) in [4.78, 5) is 15.1. The van der Waals surface area contributed by atoms with Crippen LogP contribution in [0.15, 0.2) is 61.2 Å². The lowest BCUT2D eigenvalue weighted by Gasteiger charge is -2.08. The molecule has 0 atom stereocenters. The van der Waals surface area contributed by atoms with E-state index in [-0.39, 0.29) is 0 Å². The van der Waals surface area contributed by atoms with E-state index >= 15 is 0 Å². The molecule has 0 spiro atoms. The number of hydrogen-bond acceptors (Lipinski definition) is 5. The van der Waals surface area contributed by atoms with Gasteiger partial charge in [0.05, 0.1) is 28.0 Å². The zero-order valence-corrected chi connectivity index (χ0v) is 14.6. The Kier molecular flexibility index (Phi) is 3.82. The van der Waals surface area contributed by atoms with Crippen LogP contribution in [0.25, 0.3) is 32.0 Å². The van der Waals surface area contributed by atoms with Crippen LogP contribution in [0.1, 0.15) is 6.92 Å². The molecule has 4 rings (SSSR count). The average molecular weight is 347 g/mol. The monoisotopic (exact) mass is 347 g/mol. The quantitative estimate of drug-likeness (QED) is 0.556. The summed E-state index contributed by atoms with van der Waals surface area (Å²) in [5.74, 6) is 0.500. The topological polar surface area (TPSA) is 69.6 Å². The first-order valence-electron chi connectivity index (χ1n) is 7.89. The van der Waals surface area contributed by atoms with E-state index in [4.69, 9.17) is 5.73 Å². The third-order valence-corrected chi connectivity index (χ3v) is 4.97. The molecule has 2 N–H and O–H groups in total. The van der Waals surface area contributed by atoms with Crippen LogP contribution in [0.2, 0.25) is 0 Å². The van der Waals surface area contributed by atoms with Gasteiger partial charge >= 0.3 is 0 Å². The molecule has 0 aliphatic heterocycles. The molecule has 0 unspecified atom stereocenters. The minimum absolute atomic E-state index is 0.500. The molecule has 0 radical (unpaired) electrons. The molecule has 124 valence electrons. The molecule has 0 saturated carbocycles. The molecule has 6 heteroatoms. The zero-order chi connectivity index (χ0) is 17.4. The van der Waals surface area contributed by atoms with Crippen molar-refractivity contribution in [3.05, 3.63) is 61.2 Å². The summed E-state index contributed by atoms with van der Waals surface area (Å²) in [6, 6.07) is 12.2. The van der Waals surface area contributed by atoms with Gasteiger partial charge < -0.3 is 10.3 Å². The highest BCUT2D eigenvalue weighted by molar-refractivity contribution is 7.21. The number of thiophene rings is 1. The van der Waals surface area contributed by atoms with Crippen LogP contribution < -0.4 is 5.73 Å². The maximum Gasteiger partial charge on any atom is 0.135 e. The first kappa shape index (κ1) is 15.5. The lowest BCUT2D eigenvalue weighted by atomic mass is 10.1. The van der Waals surface area contributed by atoms with Gasteiger partial charge in [-0.2, -0.15) is 0 Å². The van der Waals surface area contributed by atoms with Crippen LogP contribution >= 0.6 is 11.3 Å². The van der Waals surface area contributed by atoms with Crippen molar-refractivity contribution in [2.45, 2.75) is 13.5 Å². The fraction of sp³-hybridized carbons (Fsp3) is 0.105. The Morgan fingerprint density at radius 3 is 2.72 bits per heavy atom. The second-order valence-electron chi connectivity index (χ2n) is 5.98. The molecule has 0 saturated heterocycles. The lowest BCUT2D eigenvalue weighted by Crippen LogP contribution is -1.99. The van der Waals surface area contributed by atoms with Crippen LogP contribution in [0, 0.1) is 0 Å². The molecule has 4 aromatic rings. The number of fused-ring (bicyclic) bond motifs is 1. The van der Waals surface area contributed by atoms with Gasteiger partial charge in [-0.1, -0.05) is 42.5 Å². The van der Waals surface area contributed by atoms with Gasteiger partial charge in [-0.05, 0) is 13.0 Å². The first-order chi connectivity index (χ1) is 12.1. The molecule has 25 heavy (non-hydrogen) atoms. The SMILES string of the molecule is C=C(C)Cn1cnc(-c2ccccc2)c1-c1cc2c(N)ncnc2s1. The number of aromatic nitrogens is 4. The molecule has 0 aliphatic rings. The Bertz CT molecular complexity index is 1060. The molecule has 3 heterocycles. The predicted molar refractivity (Wildman–Crippen MR) is 103 cm³/mol. The number of hydrogen-bond donors (Lipinski definition) is 1. The summed E-state index contributed by atoms with van der Waals surface area (Å²) in [6.07, 6.45) is 3.37. The van der Waals surface area contributed by atoms with E-state index in [2.05, 4.69) is 38.2 Å². The second-order valence-corrected chi connectivity index (χ2v) is 7.01. The van der Waals surface area contributed by atoms with Crippen LogP contribution in [0.5, 0.6) is 0 Å². The van der Waals surface area contributed by atoms with Gasteiger partial charge in [0.15, 0.2) is 0 Å². The second kappa shape index (κ2) is 6.14. The summed E-state index contributed by atoms with van der Waals surface area (Å²) in [7, 11) is 0. The predicted octanol–water partition coefficient (Wildman–Crippen LogP) is 4.38. The highest BCUT2D eigenvalue weighted by atomic mass is 32.1. The van der Waals surface area contributed by atoms with Gasteiger partial charge in [-0.3, -0.25) is 0 Å². The fourth-order valence-corrected chi connectivity index (χ4v) is 3.92. The summed E-state index contributed by atoms with van der Waals surface area (Å²) >= 11 is 1.60. The molecule has 3 aromatic heterocycles. The van der Waals surface area contributed by atoms with E-state index in [0.717, 1.165) is 37.6 Å². The van der Waals surface area contributed by atoms with E-state index in [9.17, 15) is 0 Å². The van der Waals surface area contributed by atoms with Crippen molar-refractivity contribution in [2.24, 2.45) is 0 Å². The summed E-state index contributed by atoms with van der Waals surface area (Å²) in [5, 5.41) is 0.879. The molecule has 0 aliphatic carbocycles. The van der Waals surface area contributed by atoms with Crippen molar-refractivity contribution in [1.29, 1.82) is 0 Å². The largest absolute Gasteiger partial charge is 0.383 e. The minimum atomic E-state index is 0.500. The van der Waals surface area contributed by atoms with Gasteiger partial charge in [0, 0.05) is 12.1 Å². The normalized spacial score (nSPS) is 11.1. The van der Waals surface area contributed by atoms with Crippen molar-refractivity contribution < 1.29 is 0 Å². The Labute approximate surface area is 149 Å². The van der Waals surface area contributed by atoms with E-state index in [1.54, 1.807) is 11.3 Å². The van der Waals surface area contributed by atoms with Gasteiger partial charge in [-0.15, -0.1) is 11.3 Å². The summed E-state index contributed by atoms with van der Waals surface area (Å²) in [6.45, 7) is 6.76. The zero-order valence-electron chi connectivity index (χ0n) is 13.8. The Morgan fingerprint density at radius 1 is 1.20 bits per heavy atom. The average Bonchev–Trinajstić information content (AvgIpc) is 3.19. The van der Waals surface area contributed by atoms with Crippen molar-refractivity contribution in [3.63, 3.8) is 0 Å². The maximum absolute atomic E-state index is 6.01. The summed E-state index contributed by atoms with van der Waals surface area (Å²) < 4.78 is 2.12. The number of anilines is 1. The molecule has 1 aromatic carbocycles. The van der Waals surface area contributed by atoms with Gasteiger partial charge in [-0.25, -0.2) is 15.0 Å². The van der Waals surface area contributed by atoms with Crippen molar-refractivity contribution >= 4 is 27.4 Å². The van der Waals surface area contributed by atoms with Crippen LogP contribution in [0.4, 0.5) is 5.82 Å². The first-order valence-corrected chi connectivity index (χ1v) is 8.70. The Hall–Kier alpha value is -2.99. The van der Waals surface area contributed by atoms with Gasteiger partial charge in [0.25, 0.3) is 0 Å². The highest BCUT2D eigenvalue weighted by Crippen LogP contribution is 2.39. The Morgan fingerprint density at radius 2 is 2.00 bits per heavy atom. The van der Waals surface area contributed by atoms with Crippen LogP contribution in [0.3, 0.4) is 0 Å². The standard InChI is InChI=1S/C19H17N5S/c1-12(2)9-24-11-23-16(13-6-4-3-5-7-13)17(24)15-8-14-18(20)21-10-22-19(14)25-15/h3-8,10-11H,1,9H2,2H3,(H2,20,21,22). The molecule has 5 nitrogen and oxygen atoms in total. The number of nitrogens with two attached hydrogens (primary N) is 1. The van der Waals surface area contributed by atoms with Crippen LogP contribution in [-0.4, -0.2) is 19.5 Å². The number of imidazole rings is 1.